The number of alkyl carbamates (subject to hydrolysis) is 1. The Bertz CT molecular complexity index is 1410. The Morgan fingerprint density at radius 1 is 0.907 bits per heavy atom. The van der Waals surface area contributed by atoms with Gasteiger partial charge in [0.05, 0.1) is 0 Å². The van der Waals surface area contributed by atoms with Gasteiger partial charge < -0.3 is 20.3 Å². The number of nitrogens with zero attached hydrogens (tertiary/aromatic N) is 1. The highest BCUT2D eigenvalue weighted by Crippen LogP contribution is 2.30. The Labute approximate surface area is 257 Å². The van der Waals surface area contributed by atoms with Crippen LogP contribution in [0.5, 0.6) is 0 Å². The zero-order chi connectivity index (χ0) is 31.7. The van der Waals surface area contributed by atoms with Crippen molar-refractivity contribution >= 4 is 34.4 Å². The lowest BCUT2D eigenvalue weighted by molar-refractivity contribution is -0.141. The van der Waals surface area contributed by atoms with Crippen LogP contribution in [-0.4, -0.2) is 41.0 Å². The maximum absolute atomic E-state index is 14.5. The Balaban J connectivity index is 2.07. The van der Waals surface area contributed by atoms with Crippen LogP contribution in [0.3, 0.4) is 0 Å². The van der Waals surface area contributed by atoms with Crippen molar-refractivity contribution in [3.8, 4) is 0 Å². The van der Waals surface area contributed by atoms with Gasteiger partial charge >= 0.3 is 6.09 Å². The van der Waals surface area contributed by atoms with Crippen molar-refractivity contribution in [2.24, 2.45) is 5.92 Å². The summed E-state index contributed by atoms with van der Waals surface area (Å²) < 4.78 is 5.52. The van der Waals surface area contributed by atoms with Gasteiger partial charge in [-0.2, -0.15) is 0 Å². The van der Waals surface area contributed by atoms with E-state index in [-0.39, 0.29) is 17.7 Å². The highest BCUT2D eigenvalue weighted by atomic mass is 16.6. The summed E-state index contributed by atoms with van der Waals surface area (Å²) in [5.41, 5.74) is 2.70. The van der Waals surface area contributed by atoms with Gasteiger partial charge in [-0.15, -0.1) is 0 Å². The quantitative estimate of drug-likeness (QED) is 0.210. The molecule has 0 saturated carbocycles. The van der Waals surface area contributed by atoms with Gasteiger partial charge in [0.25, 0.3) is 5.91 Å². The fraction of sp³-hybridized carbons (Fsp3) is 0.472. The predicted octanol–water partition coefficient (Wildman–Crippen LogP) is 8.09. The van der Waals surface area contributed by atoms with E-state index in [0.29, 0.717) is 18.7 Å². The zero-order valence-corrected chi connectivity index (χ0v) is 27.1. The molecule has 0 heterocycles. The van der Waals surface area contributed by atoms with Gasteiger partial charge in [0, 0.05) is 12.2 Å². The van der Waals surface area contributed by atoms with Crippen LogP contribution in [0.1, 0.15) is 90.0 Å². The molecule has 7 nitrogen and oxygen atoms in total. The molecule has 0 spiro atoms. The van der Waals surface area contributed by atoms with Crippen LogP contribution in [0.15, 0.2) is 60.7 Å². The molecule has 0 bridgehead atoms. The van der Waals surface area contributed by atoms with Crippen LogP contribution >= 0.6 is 0 Å². The first-order valence-corrected chi connectivity index (χ1v) is 15.5. The fourth-order valence-electron chi connectivity index (χ4n) is 5.30. The van der Waals surface area contributed by atoms with Crippen molar-refractivity contribution in [2.75, 3.05) is 11.9 Å². The second-order valence-electron chi connectivity index (χ2n) is 12.9. The molecule has 7 heteroatoms. The number of nitrogens with one attached hydrogen (secondary N) is 2. The van der Waals surface area contributed by atoms with Gasteiger partial charge in [-0.1, -0.05) is 87.7 Å². The highest BCUT2D eigenvalue weighted by Gasteiger charge is 2.37. The number of benzene rings is 3. The number of hydrogen-bond donors (Lipinski definition) is 2. The Kier molecular flexibility index (Phi) is 11.8. The number of ether oxygens (including phenoxy) is 1. The number of aryl methyl sites for hydroxylation is 2. The standard InChI is InChI=1S/C36H49N3O4/c1-9-10-13-20-39(34(41)31(21-24(2)3)38-35(42)43-36(6,7)8)32(30-19-16-25(4)22-26(30)5)33(40)37-29-18-17-27-14-11-12-15-28(27)23-29/h11-12,14-19,22-24,31-32H,9-10,13,20-21H2,1-8H3,(H,37,40)(H,38,42). The fourth-order valence-corrected chi connectivity index (χ4v) is 5.30. The van der Waals surface area contributed by atoms with Crippen molar-refractivity contribution in [1.29, 1.82) is 0 Å². The van der Waals surface area contributed by atoms with E-state index in [1.54, 1.807) is 25.7 Å². The van der Waals surface area contributed by atoms with Crippen LogP contribution in [0.2, 0.25) is 0 Å². The molecule has 232 valence electrons. The minimum absolute atomic E-state index is 0.118. The number of rotatable bonds is 12. The molecule has 0 aliphatic carbocycles. The normalized spacial score (nSPS) is 13.0. The predicted molar refractivity (Wildman–Crippen MR) is 175 cm³/mol. The van der Waals surface area contributed by atoms with Crippen molar-refractivity contribution < 1.29 is 19.1 Å². The highest BCUT2D eigenvalue weighted by molar-refractivity contribution is 6.00. The largest absolute Gasteiger partial charge is 0.444 e. The maximum atomic E-state index is 14.5. The number of fused-ring (bicyclic) bond motifs is 1. The molecule has 0 aliphatic rings. The second-order valence-corrected chi connectivity index (χ2v) is 12.9. The number of carbonyl (C=O) groups is 3. The molecule has 2 N–H and O–H groups in total. The molecule has 0 fully saturated rings. The number of anilines is 1. The van der Waals surface area contributed by atoms with Crippen LogP contribution in [0.25, 0.3) is 10.8 Å². The third-order valence-electron chi connectivity index (χ3n) is 7.28. The zero-order valence-electron chi connectivity index (χ0n) is 27.1. The van der Waals surface area contributed by atoms with E-state index in [2.05, 4.69) is 17.6 Å². The molecule has 0 aliphatic heterocycles. The van der Waals surface area contributed by atoms with E-state index in [9.17, 15) is 14.4 Å². The summed E-state index contributed by atoms with van der Waals surface area (Å²) in [5.74, 6) is -0.477. The molecule has 3 amide bonds. The van der Waals surface area contributed by atoms with E-state index < -0.39 is 23.8 Å². The van der Waals surface area contributed by atoms with E-state index in [1.807, 2.05) is 88.4 Å². The van der Waals surface area contributed by atoms with E-state index in [1.165, 1.54) is 0 Å². The first kappa shape index (κ1) is 33.6. The summed E-state index contributed by atoms with van der Waals surface area (Å²) in [5, 5.41) is 8.03. The molecule has 0 saturated heterocycles. The van der Waals surface area contributed by atoms with Crippen LogP contribution < -0.4 is 10.6 Å². The Morgan fingerprint density at radius 3 is 2.23 bits per heavy atom. The smallest absolute Gasteiger partial charge is 0.408 e. The lowest BCUT2D eigenvalue weighted by Crippen LogP contribution is -2.53. The molecule has 3 aromatic rings. The van der Waals surface area contributed by atoms with Gasteiger partial charge in [-0.25, -0.2) is 4.79 Å². The van der Waals surface area contributed by atoms with Crippen molar-refractivity contribution in [3.63, 3.8) is 0 Å². The van der Waals surface area contributed by atoms with Crippen molar-refractivity contribution in [2.45, 2.75) is 98.8 Å². The molecular formula is C36H49N3O4. The monoisotopic (exact) mass is 587 g/mol. The number of hydrogen-bond acceptors (Lipinski definition) is 4. The van der Waals surface area contributed by atoms with Gasteiger partial charge in [-0.3, -0.25) is 9.59 Å². The minimum atomic E-state index is -0.897. The average Bonchev–Trinajstić information content (AvgIpc) is 2.91. The van der Waals surface area contributed by atoms with E-state index in [0.717, 1.165) is 46.7 Å². The summed E-state index contributed by atoms with van der Waals surface area (Å²) >= 11 is 0. The summed E-state index contributed by atoms with van der Waals surface area (Å²) in [6.45, 7) is 15.8. The second kappa shape index (κ2) is 15.0. The third-order valence-corrected chi connectivity index (χ3v) is 7.28. The molecule has 3 aromatic carbocycles. The van der Waals surface area contributed by atoms with Gasteiger partial charge in [-0.05, 0) is 87.4 Å². The van der Waals surface area contributed by atoms with E-state index in [4.69, 9.17) is 4.74 Å². The van der Waals surface area contributed by atoms with Gasteiger partial charge in [0.2, 0.25) is 5.91 Å². The first-order chi connectivity index (χ1) is 20.3. The first-order valence-electron chi connectivity index (χ1n) is 15.5. The lowest BCUT2D eigenvalue weighted by Gasteiger charge is -2.35. The molecule has 0 radical (unpaired) electrons. The number of carbonyl (C=O) groups excluding carboxylic acids is 3. The van der Waals surface area contributed by atoms with Gasteiger partial charge in [0.15, 0.2) is 0 Å². The summed E-state index contributed by atoms with van der Waals surface area (Å²) in [4.78, 5) is 43.3. The summed E-state index contributed by atoms with van der Waals surface area (Å²) in [6, 6.07) is 18.0. The number of amides is 3. The molecular weight excluding hydrogens is 538 g/mol. The minimum Gasteiger partial charge on any atom is -0.444 e. The number of unbranched alkanes of at least 4 members (excludes halogenated alkanes) is 2. The topological polar surface area (TPSA) is 87.7 Å². The molecule has 0 aromatic heterocycles. The van der Waals surface area contributed by atoms with Crippen LogP contribution in [-0.2, 0) is 14.3 Å². The van der Waals surface area contributed by atoms with Gasteiger partial charge in [0.1, 0.15) is 17.7 Å². The molecule has 3 rings (SSSR count). The third kappa shape index (κ3) is 9.84. The molecule has 2 unspecified atom stereocenters. The van der Waals surface area contributed by atoms with Crippen molar-refractivity contribution in [3.05, 3.63) is 77.4 Å². The van der Waals surface area contributed by atoms with Crippen LogP contribution in [0.4, 0.5) is 10.5 Å². The summed E-state index contributed by atoms with van der Waals surface area (Å²) in [7, 11) is 0. The summed E-state index contributed by atoms with van der Waals surface area (Å²) in [6.07, 6.45) is 2.36. The Hall–Kier alpha value is -3.87. The molecule has 43 heavy (non-hydrogen) atoms. The Morgan fingerprint density at radius 2 is 1.60 bits per heavy atom. The van der Waals surface area contributed by atoms with Crippen molar-refractivity contribution in [1.82, 2.24) is 10.2 Å². The lowest BCUT2D eigenvalue weighted by atomic mass is 9.95. The molecule has 2 atom stereocenters. The maximum Gasteiger partial charge on any atom is 0.408 e. The SMILES string of the molecule is CCCCCN(C(=O)C(CC(C)C)NC(=O)OC(C)(C)C)C(C(=O)Nc1ccc2ccccc2c1)c1ccc(C)cc1C. The van der Waals surface area contributed by atoms with E-state index >= 15 is 0 Å². The average molecular weight is 588 g/mol. The van der Waals surface area contributed by atoms with Crippen LogP contribution in [0, 0.1) is 19.8 Å².